The van der Waals surface area contributed by atoms with E-state index in [0.717, 1.165) is 0 Å². The van der Waals surface area contributed by atoms with Gasteiger partial charge in [0.1, 0.15) is 11.7 Å². The number of likely N-dealkylation sites (N-methyl/N-ethyl adjacent to an activating group) is 1. The van der Waals surface area contributed by atoms with Crippen LogP contribution in [0.2, 0.25) is 0 Å². The first-order valence-corrected chi connectivity index (χ1v) is 13.1. The highest BCUT2D eigenvalue weighted by Crippen LogP contribution is 2.57. The molecular weight excluding hydrogens is 550 g/mol. The van der Waals surface area contributed by atoms with E-state index in [4.69, 9.17) is 21.9 Å². The lowest BCUT2D eigenvalue weighted by Crippen LogP contribution is -2.85. The third-order valence-corrected chi connectivity index (χ3v) is 8.56. The van der Waals surface area contributed by atoms with E-state index in [0.29, 0.717) is 5.69 Å². The molecule has 42 heavy (non-hydrogen) atoms. The Hall–Kier alpha value is -4.39. The molecule has 0 aromatic heterocycles. The van der Waals surface area contributed by atoms with E-state index in [1.54, 1.807) is 32.0 Å². The van der Waals surface area contributed by atoms with Gasteiger partial charge >= 0.3 is 6.09 Å². The number of ketones is 4. The Morgan fingerprint density at radius 2 is 1.79 bits per heavy atom. The van der Waals surface area contributed by atoms with Gasteiger partial charge < -0.3 is 31.9 Å². The van der Waals surface area contributed by atoms with Gasteiger partial charge in [-0.3, -0.25) is 34.2 Å². The highest BCUT2D eigenvalue weighted by molar-refractivity contribution is 6.33. The zero-order valence-corrected chi connectivity index (χ0v) is 23.8. The van der Waals surface area contributed by atoms with Crippen molar-refractivity contribution in [3.05, 3.63) is 17.2 Å². The Labute approximate surface area is 240 Å². The maximum Gasteiger partial charge on any atom is 0.411 e. The number of hydrogen-bond acceptors (Lipinski definition) is 13. The number of aromatic hydroxyl groups is 1. The Morgan fingerprint density at radius 1 is 1.17 bits per heavy atom. The smallest absolute Gasteiger partial charge is 0.411 e. The number of hydrogen-bond donors (Lipinski definition) is 5. The second-order valence-corrected chi connectivity index (χ2v) is 11.5. The molecule has 0 saturated heterocycles. The van der Waals surface area contributed by atoms with Crippen LogP contribution in [-0.2, 0) is 30.3 Å². The largest absolute Gasteiger partial charge is 0.505 e. The van der Waals surface area contributed by atoms with E-state index in [2.05, 4.69) is 5.32 Å². The number of fused-ring (bicyclic) bond motifs is 3. The van der Waals surface area contributed by atoms with Crippen LogP contribution in [0.4, 0.5) is 16.2 Å². The first-order valence-electron chi connectivity index (χ1n) is 13.1. The summed E-state index contributed by atoms with van der Waals surface area (Å²) >= 11 is 0. The summed E-state index contributed by atoms with van der Waals surface area (Å²) < 4.78 is 4.88. The minimum Gasteiger partial charge on any atom is -0.505 e. The van der Waals surface area contributed by atoms with Crippen LogP contribution in [0.15, 0.2) is 6.07 Å². The van der Waals surface area contributed by atoms with Gasteiger partial charge in [0.05, 0.1) is 35.5 Å². The van der Waals surface area contributed by atoms with Crippen LogP contribution in [0.1, 0.15) is 29.3 Å². The van der Waals surface area contributed by atoms with Crippen LogP contribution in [0.25, 0.3) is 0 Å². The summed E-state index contributed by atoms with van der Waals surface area (Å²) in [6, 6.07) is 1.56. The van der Waals surface area contributed by atoms with Crippen LogP contribution in [0.5, 0.6) is 5.75 Å². The molecule has 8 N–H and O–H groups in total. The predicted octanol–water partition coefficient (Wildman–Crippen LogP) is -1.56. The number of anilines is 2. The molecule has 15 heteroatoms. The standard InChI is InChI=1S/C27H33N7O8/c1-6-42-24(41)32-12-7-13(33(2)3)11-8-25(30)9-27(31)20(34(4)5)19(37)15(23(29)40)21(38)26(27,10-28)22(39)16(25)18(36)14(11)17(12)35/h7,15-16,20,35H,6,8-9,30-31H2,1-5H3,(H2,29,40)(H,32,41)/t15?,16?,20-,25-,26+,27-/m1/s1. The van der Waals surface area contributed by atoms with Crippen LogP contribution >= 0.6 is 0 Å². The number of phenolic OH excluding ortho intramolecular Hbond substituents is 1. The summed E-state index contributed by atoms with van der Waals surface area (Å²) in [6.45, 7) is 1.60. The molecule has 0 heterocycles. The van der Waals surface area contributed by atoms with Gasteiger partial charge in [-0.25, -0.2) is 4.79 Å². The average Bonchev–Trinajstić information content (AvgIpc) is 2.84. The monoisotopic (exact) mass is 583 g/mol. The molecule has 1 aromatic rings. The maximum atomic E-state index is 14.4. The summed E-state index contributed by atoms with van der Waals surface area (Å²) in [5.74, 6) is -10.8. The number of nitrogens with two attached hydrogens (primary N) is 3. The van der Waals surface area contributed by atoms with Crippen LogP contribution in [0, 0.1) is 28.6 Å². The van der Waals surface area contributed by atoms with Crippen LogP contribution in [-0.4, -0.2) is 97.1 Å². The molecule has 0 spiro atoms. The zero-order valence-electron chi connectivity index (χ0n) is 23.8. The minimum absolute atomic E-state index is 0.0249. The summed E-state index contributed by atoms with van der Waals surface area (Å²) in [6.07, 6.45) is -1.69. The number of primary amides is 1. The number of benzene rings is 1. The van der Waals surface area contributed by atoms with E-state index in [1.807, 2.05) is 0 Å². The summed E-state index contributed by atoms with van der Waals surface area (Å²) in [5.41, 5.74) is 12.1. The maximum absolute atomic E-state index is 14.4. The van der Waals surface area contributed by atoms with E-state index < -0.39 is 81.7 Å². The van der Waals surface area contributed by atoms with Crippen molar-refractivity contribution in [1.29, 1.82) is 5.26 Å². The van der Waals surface area contributed by atoms with E-state index in [-0.39, 0.29) is 29.8 Å². The van der Waals surface area contributed by atoms with Crippen molar-refractivity contribution < 1.29 is 38.6 Å². The zero-order chi connectivity index (χ0) is 31.7. The van der Waals surface area contributed by atoms with E-state index in [9.17, 15) is 39.1 Å². The van der Waals surface area contributed by atoms with Crippen molar-refractivity contribution in [3.63, 3.8) is 0 Å². The molecule has 4 rings (SSSR count). The summed E-state index contributed by atoms with van der Waals surface area (Å²) in [7, 11) is 6.13. The minimum atomic E-state index is -2.85. The molecule has 0 radical (unpaired) electrons. The van der Waals surface area contributed by atoms with E-state index >= 15 is 0 Å². The average molecular weight is 584 g/mol. The second-order valence-electron chi connectivity index (χ2n) is 11.5. The first-order chi connectivity index (χ1) is 19.4. The Kier molecular flexibility index (Phi) is 7.18. The number of carbonyl (C=O) groups is 6. The van der Waals surface area contributed by atoms with Gasteiger partial charge in [0, 0.05) is 25.3 Å². The van der Waals surface area contributed by atoms with Gasteiger partial charge in [-0.2, -0.15) is 5.26 Å². The fraction of sp³-hybridized carbons (Fsp3) is 0.519. The lowest BCUT2D eigenvalue weighted by Gasteiger charge is -2.60. The van der Waals surface area contributed by atoms with Crippen molar-refractivity contribution in [2.24, 2.45) is 34.5 Å². The van der Waals surface area contributed by atoms with Gasteiger partial charge in [-0.15, -0.1) is 0 Å². The SMILES string of the molecule is CCOC(=O)Nc1cc(N(C)C)c2c(c1O)C(=O)C1C(=O)[C@]3(C#N)C(=O)C(C(N)=O)C(=O)[C@@H](N(C)C)[C@]3(N)C[C@]1(N)C2. The number of Topliss-reactive ketones (excluding diaryl/α,β-unsaturated/α-hetero) is 4. The number of amides is 2. The molecule has 2 unspecified atom stereocenters. The molecule has 2 amide bonds. The van der Waals surface area contributed by atoms with Gasteiger partial charge in [-0.05, 0) is 45.5 Å². The molecule has 3 aliphatic carbocycles. The Balaban J connectivity index is 2.01. The predicted molar refractivity (Wildman–Crippen MR) is 146 cm³/mol. The molecule has 2 saturated carbocycles. The number of carbonyl (C=O) groups excluding carboxylic acids is 6. The molecule has 0 aliphatic heterocycles. The highest BCUT2D eigenvalue weighted by atomic mass is 16.5. The number of phenols is 1. The second kappa shape index (κ2) is 9.86. The Morgan fingerprint density at radius 3 is 2.29 bits per heavy atom. The van der Waals surface area contributed by atoms with Crippen LogP contribution in [0.3, 0.4) is 0 Å². The molecule has 2 fully saturated rings. The number of nitriles is 1. The van der Waals surface area contributed by atoms with Crippen molar-refractivity contribution in [2.75, 3.05) is 45.0 Å². The highest BCUT2D eigenvalue weighted by Gasteiger charge is 2.78. The third kappa shape index (κ3) is 3.82. The fourth-order valence-electron chi connectivity index (χ4n) is 7.03. The number of nitrogens with one attached hydrogen (secondary N) is 1. The lowest BCUT2D eigenvalue weighted by atomic mass is 9.42. The van der Waals surface area contributed by atoms with Gasteiger partial charge in [0.2, 0.25) is 5.91 Å². The summed E-state index contributed by atoms with van der Waals surface area (Å²) in [4.78, 5) is 83.3. The number of rotatable bonds is 5. The summed E-state index contributed by atoms with van der Waals surface area (Å²) in [5, 5.41) is 24.0. The first kappa shape index (κ1) is 30.6. The van der Waals surface area contributed by atoms with Crippen LogP contribution < -0.4 is 27.4 Å². The molecule has 1 aromatic carbocycles. The molecule has 15 nitrogen and oxygen atoms in total. The lowest BCUT2D eigenvalue weighted by molar-refractivity contribution is -0.166. The van der Waals surface area contributed by atoms with E-state index in [1.165, 1.54) is 25.1 Å². The van der Waals surface area contributed by atoms with Gasteiger partial charge in [-0.1, -0.05) is 0 Å². The van der Waals surface area contributed by atoms with Crippen molar-refractivity contribution in [3.8, 4) is 11.8 Å². The molecule has 6 atom stereocenters. The fourth-order valence-corrected chi connectivity index (χ4v) is 7.03. The normalized spacial score (nSPS) is 31.9. The van der Waals surface area contributed by atoms with Crippen molar-refractivity contribution in [2.45, 2.75) is 36.9 Å². The third-order valence-electron chi connectivity index (χ3n) is 8.56. The molecule has 3 aliphatic rings. The van der Waals surface area contributed by atoms with Crippen molar-refractivity contribution in [1.82, 2.24) is 4.90 Å². The quantitative estimate of drug-likeness (QED) is 0.194. The number of nitrogens with zero attached hydrogens (tertiary/aromatic N) is 3. The molecular formula is C27H33N7O8. The van der Waals surface area contributed by atoms with Crippen molar-refractivity contribution >= 4 is 46.5 Å². The Bertz CT molecular complexity index is 1500. The molecule has 224 valence electrons. The topological polar surface area (TPSA) is 252 Å². The van der Waals surface area contributed by atoms with Gasteiger partial charge in [0.15, 0.2) is 34.5 Å². The van der Waals surface area contributed by atoms with Gasteiger partial charge in [0.25, 0.3) is 0 Å². The number of ether oxygens (including phenoxy) is 1. The molecule has 0 bridgehead atoms.